The Balaban J connectivity index is 1.71. The molecule has 0 saturated heterocycles. The molecule has 0 aromatic heterocycles. The van der Waals surface area contributed by atoms with Crippen LogP contribution in [0.3, 0.4) is 0 Å². The number of hydrogen-bond donors (Lipinski definition) is 2. The van der Waals surface area contributed by atoms with Gasteiger partial charge in [0.2, 0.25) is 0 Å². The molecule has 2 amide bonds. The molecule has 3 N–H and O–H groups in total. The summed E-state index contributed by atoms with van der Waals surface area (Å²) < 4.78 is 16.8. The molecule has 0 fully saturated rings. The van der Waals surface area contributed by atoms with Gasteiger partial charge in [-0.25, -0.2) is 0 Å². The average Bonchev–Trinajstić information content (AvgIpc) is 2.99. The average molecular weight is 370 g/mol. The molecule has 0 spiro atoms. The zero-order valence-electron chi connectivity index (χ0n) is 15.3. The number of ether oxygens (including phenoxy) is 3. The second-order valence-electron chi connectivity index (χ2n) is 6.22. The smallest absolute Gasteiger partial charge is 0.262 e. The summed E-state index contributed by atoms with van der Waals surface area (Å²) in [5.74, 6) is 0.577. The van der Waals surface area contributed by atoms with Gasteiger partial charge in [0.05, 0.1) is 17.9 Å². The molecule has 1 aliphatic heterocycles. The predicted octanol–water partition coefficient (Wildman–Crippen LogP) is 2.53. The molecule has 27 heavy (non-hydrogen) atoms. The number of fused-ring (bicyclic) bond motifs is 1. The van der Waals surface area contributed by atoms with E-state index in [1.807, 2.05) is 19.9 Å². The Hall–Kier alpha value is -3.22. The first-order valence-electron chi connectivity index (χ1n) is 8.75. The van der Waals surface area contributed by atoms with Gasteiger partial charge in [-0.3, -0.25) is 9.59 Å². The van der Waals surface area contributed by atoms with Gasteiger partial charge in [0.15, 0.2) is 6.61 Å². The molecular weight excluding hydrogens is 348 g/mol. The van der Waals surface area contributed by atoms with Crippen LogP contribution in [-0.4, -0.2) is 31.1 Å². The van der Waals surface area contributed by atoms with E-state index < -0.39 is 5.91 Å². The summed E-state index contributed by atoms with van der Waals surface area (Å²) in [6.07, 6.45) is 0.894. The second-order valence-corrected chi connectivity index (χ2v) is 6.22. The number of anilines is 1. The van der Waals surface area contributed by atoms with Gasteiger partial charge >= 0.3 is 0 Å². The number of nitrogens with two attached hydrogens (primary N) is 1. The summed E-state index contributed by atoms with van der Waals surface area (Å²) in [5, 5.41) is 2.77. The van der Waals surface area contributed by atoms with Crippen LogP contribution in [0.15, 0.2) is 36.4 Å². The standard InChI is InChI=1S/C20H22N2O5/c1-3-25-18-9-13-8-12(2)27-17(13)10-15(18)22-19(23)11-26-16-7-5-4-6-14(16)20(21)24/h4-7,9-10,12H,3,8,11H2,1-2H3,(H2,21,24)(H,22,23). The third kappa shape index (κ3) is 4.31. The van der Waals surface area contributed by atoms with Gasteiger partial charge in [0.1, 0.15) is 23.4 Å². The predicted molar refractivity (Wildman–Crippen MR) is 100 cm³/mol. The van der Waals surface area contributed by atoms with Crippen LogP contribution in [0.2, 0.25) is 0 Å². The molecule has 142 valence electrons. The van der Waals surface area contributed by atoms with E-state index >= 15 is 0 Å². The molecule has 1 unspecified atom stereocenters. The van der Waals surface area contributed by atoms with Crippen molar-refractivity contribution in [1.29, 1.82) is 0 Å². The van der Waals surface area contributed by atoms with E-state index in [4.69, 9.17) is 19.9 Å². The fraction of sp³-hybridized carbons (Fsp3) is 0.300. The molecule has 2 aromatic rings. The van der Waals surface area contributed by atoms with E-state index in [-0.39, 0.29) is 29.9 Å². The number of rotatable bonds is 7. The monoisotopic (exact) mass is 370 g/mol. The van der Waals surface area contributed by atoms with Gasteiger partial charge in [-0.15, -0.1) is 0 Å². The fourth-order valence-electron chi connectivity index (χ4n) is 2.94. The summed E-state index contributed by atoms with van der Waals surface area (Å²) in [7, 11) is 0. The number of carbonyl (C=O) groups is 2. The third-order valence-electron chi connectivity index (χ3n) is 4.08. The highest BCUT2D eigenvalue weighted by molar-refractivity contribution is 5.96. The number of amides is 2. The number of carbonyl (C=O) groups excluding carboxylic acids is 2. The van der Waals surface area contributed by atoms with Gasteiger partial charge in [-0.2, -0.15) is 0 Å². The normalized spacial score (nSPS) is 14.8. The van der Waals surface area contributed by atoms with Crippen molar-refractivity contribution < 1.29 is 23.8 Å². The fourth-order valence-corrected chi connectivity index (χ4v) is 2.94. The number of benzene rings is 2. The maximum atomic E-state index is 12.3. The summed E-state index contributed by atoms with van der Waals surface area (Å²) in [6, 6.07) is 10.2. The van der Waals surface area contributed by atoms with E-state index in [0.717, 1.165) is 17.7 Å². The Bertz CT molecular complexity index is 865. The molecular formula is C20H22N2O5. The Kier molecular flexibility index (Phi) is 5.49. The topological polar surface area (TPSA) is 99.9 Å². The van der Waals surface area contributed by atoms with Gasteiger partial charge in [0.25, 0.3) is 11.8 Å². The summed E-state index contributed by atoms with van der Waals surface area (Å²) >= 11 is 0. The van der Waals surface area contributed by atoms with Crippen LogP contribution in [0.25, 0.3) is 0 Å². The highest BCUT2D eigenvalue weighted by Crippen LogP contribution is 2.38. The van der Waals surface area contributed by atoms with Crippen molar-refractivity contribution in [1.82, 2.24) is 0 Å². The molecule has 1 aliphatic rings. The first kappa shape index (κ1) is 18.6. The Morgan fingerprint density at radius 1 is 1.22 bits per heavy atom. The van der Waals surface area contributed by atoms with Crippen molar-refractivity contribution in [2.45, 2.75) is 26.4 Å². The molecule has 2 aromatic carbocycles. The molecule has 3 rings (SSSR count). The molecule has 1 heterocycles. The van der Waals surface area contributed by atoms with Crippen molar-refractivity contribution in [3.8, 4) is 17.2 Å². The van der Waals surface area contributed by atoms with Crippen molar-refractivity contribution >= 4 is 17.5 Å². The van der Waals surface area contributed by atoms with Gasteiger partial charge in [-0.05, 0) is 32.0 Å². The Morgan fingerprint density at radius 3 is 2.74 bits per heavy atom. The molecule has 7 nitrogen and oxygen atoms in total. The highest BCUT2D eigenvalue weighted by atomic mass is 16.5. The quantitative estimate of drug-likeness (QED) is 0.780. The molecule has 0 aliphatic carbocycles. The van der Waals surface area contributed by atoms with Crippen molar-refractivity contribution in [3.05, 3.63) is 47.5 Å². The number of hydrogen-bond acceptors (Lipinski definition) is 5. The van der Waals surface area contributed by atoms with E-state index in [1.165, 1.54) is 0 Å². The summed E-state index contributed by atoms with van der Waals surface area (Å²) in [6.45, 7) is 4.06. The van der Waals surface area contributed by atoms with E-state index in [2.05, 4.69) is 5.32 Å². The van der Waals surface area contributed by atoms with E-state index in [0.29, 0.717) is 18.0 Å². The minimum atomic E-state index is -0.616. The highest BCUT2D eigenvalue weighted by Gasteiger charge is 2.22. The number of nitrogens with one attached hydrogen (secondary N) is 1. The minimum Gasteiger partial charge on any atom is -0.492 e. The van der Waals surface area contributed by atoms with Crippen LogP contribution in [0.1, 0.15) is 29.8 Å². The first-order chi connectivity index (χ1) is 13.0. The SMILES string of the molecule is CCOc1cc2c(cc1NC(=O)COc1ccccc1C(N)=O)OC(C)C2. The van der Waals surface area contributed by atoms with Crippen LogP contribution >= 0.6 is 0 Å². The molecule has 0 radical (unpaired) electrons. The molecule has 0 bridgehead atoms. The van der Waals surface area contributed by atoms with Crippen LogP contribution in [-0.2, 0) is 11.2 Å². The van der Waals surface area contributed by atoms with Crippen molar-refractivity contribution in [3.63, 3.8) is 0 Å². The molecule has 1 atom stereocenters. The maximum Gasteiger partial charge on any atom is 0.262 e. The number of para-hydroxylation sites is 1. The lowest BCUT2D eigenvalue weighted by Gasteiger charge is -2.14. The summed E-state index contributed by atoms with van der Waals surface area (Å²) in [5.41, 5.74) is 7.10. The Morgan fingerprint density at radius 2 is 2.00 bits per heavy atom. The molecule has 0 saturated carbocycles. The third-order valence-corrected chi connectivity index (χ3v) is 4.08. The number of primary amides is 1. The second kappa shape index (κ2) is 7.99. The van der Waals surface area contributed by atoms with Crippen LogP contribution in [0, 0.1) is 0 Å². The van der Waals surface area contributed by atoms with Crippen LogP contribution < -0.4 is 25.3 Å². The van der Waals surface area contributed by atoms with Gasteiger partial charge in [-0.1, -0.05) is 12.1 Å². The van der Waals surface area contributed by atoms with Crippen LogP contribution in [0.4, 0.5) is 5.69 Å². The van der Waals surface area contributed by atoms with E-state index in [9.17, 15) is 9.59 Å². The maximum absolute atomic E-state index is 12.3. The van der Waals surface area contributed by atoms with Gasteiger partial charge in [0, 0.05) is 18.1 Å². The lowest BCUT2D eigenvalue weighted by atomic mass is 10.1. The van der Waals surface area contributed by atoms with E-state index in [1.54, 1.807) is 30.3 Å². The lowest BCUT2D eigenvalue weighted by Crippen LogP contribution is -2.22. The zero-order chi connectivity index (χ0) is 19.4. The van der Waals surface area contributed by atoms with Gasteiger partial charge < -0.3 is 25.3 Å². The Labute approximate surface area is 157 Å². The molecule has 7 heteroatoms. The van der Waals surface area contributed by atoms with Crippen molar-refractivity contribution in [2.24, 2.45) is 5.73 Å². The van der Waals surface area contributed by atoms with Crippen molar-refractivity contribution in [2.75, 3.05) is 18.5 Å². The van der Waals surface area contributed by atoms with Crippen LogP contribution in [0.5, 0.6) is 17.2 Å². The summed E-state index contributed by atoms with van der Waals surface area (Å²) in [4.78, 5) is 23.8. The zero-order valence-corrected chi connectivity index (χ0v) is 15.3. The lowest BCUT2D eigenvalue weighted by molar-refractivity contribution is -0.118. The first-order valence-corrected chi connectivity index (χ1v) is 8.75. The minimum absolute atomic E-state index is 0.0917. The largest absolute Gasteiger partial charge is 0.492 e.